The fourth-order valence-electron chi connectivity index (χ4n) is 1.41. The van der Waals surface area contributed by atoms with Gasteiger partial charge in [0.2, 0.25) is 11.8 Å². The Bertz CT molecular complexity index is 495. The van der Waals surface area contributed by atoms with Gasteiger partial charge in [0.15, 0.2) is 0 Å². The van der Waals surface area contributed by atoms with Gasteiger partial charge in [0.25, 0.3) is 0 Å². The molecule has 0 saturated heterocycles. The number of nitrogens with one attached hydrogen (secondary N) is 2. The van der Waals surface area contributed by atoms with E-state index in [1.807, 2.05) is 13.8 Å². The molecule has 0 spiro atoms. The number of carbonyl (C=O) groups excluding carboxylic acids is 2. The number of hydrogen-bond donors (Lipinski definition) is 3. The normalized spacial score (nSPS) is 10.4. The van der Waals surface area contributed by atoms with Crippen LogP contribution in [-0.2, 0) is 9.59 Å². The molecule has 0 fully saturated rings. The summed E-state index contributed by atoms with van der Waals surface area (Å²) in [7, 11) is 0. The molecule has 20 heavy (non-hydrogen) atoms. The largest absolute Gasteiger partial charge is 0.346 e. The van der Waals surface area contributed by atoms with Gasteiger partial charge < -0.3 is 16.4 Å². The number of hydrogen-bond acceptors (Lipinski definition) is 4. The van der Waals surface area contributed by atoms with Crippen LogP contribution in [0.25, 0.3) is 0 Å². The third kappa shape index (κ3) is 5.40. The molecule has 1 aromatic rings. The summed E-state index contributed by atoms with van der Waals surface area (Å²) >= 11 is 7.72. The van der Waals surface area contributed by atoms with Gasteiger partial charge in [0, 0.05) is 10.1 Å². The molecule has 0 unspecified atom stereocenters. The number of thioether (sulfide) groups is 1. The number of amides is 2. The van der Waals surface area contributed by atoms with Crippen molar-refractivity contribution < 1.29 is 9.59 Å². The monoisotopic (exact) mass is 315 g/mol. The lowest BCUT2D eigenvalue weighted by Gasteiger charge is -2.14. The Hall–Kier alpha value is -1.24. The molecule has 0 aliphatic rings. The Morgan fingerprint density at radius 3 is 2.65 bits per heavy atom. The summed E-state index contributed by atoms with van der Waals surface area (Å²) in [5, 5.41) is 6.07. The van der Waals surface area contributed by atoms with Crippen LogP contribution in [0.3, 0.4) is 0 Å². The topological polar surface area (TPSA) is 84.2 Å². The van der Waals surface area contributed by atoms with E-state index in [0.29, 0.717) is 16.0 Å². The molecule has 0 aliphatic carbocycles. The molecule has 0 atom stereocenters. The summed E-state index contributed by atoms with van der Waals surface area (Å²) in [4.78, 5) is 23.6. The van der Waals surface area contributed by atoms with E-state index < -0.39 is 0 Å². The number of benzene rings is 1. The average molecular weight is 316 g/mol. The second-order valence-electron chi connectivity index (χ2n) is 4.31. The summed E-state index contributed by atoms with van der Waals surface area (Å²) < 4.78 is 0. The molecular formula is C13H18ClN3O2S. The van der Waals surface area contributed by atoms with Gasteiger partial charge in [-0.15, -0.1) is 11.8 Å². The summed E-state index contributed by atoms with van der Waals surface area (Å²) in [6.45, 7) is 3.83. The van der Waals surface area contributed by atoms with E-state index in [0.717, 1.165) is 4.90 Å². The van der Waals surface area contributed by atoms with Gasteiger partial charge in [-0.1, -0.05) is 31.5 Å². The molecule has 0 saturated carbocycles. The van der Waals surface area contributed by atoms with E-state index in [4.69, 9.17) is 17.3 Å². The first-order valence-electron chi connectivity index (χ1n) is 6.15. The standard InChI is InChI=1S/C13H18ClN3O2S/c1-8(2)20-13-9(14)4-3-5-10(13)17-12(19)7-16-11(18)6-15/h3-5,8H,6-7,15H2,1-2H3,(H,16,18)(H,17,19). The van der Waals surface area contributed by atoms with Crippen LogP contribution in [0.5, 0.6) is 0 Å². The van der Waals surface area contributed by atoms with E-state index in [2.05, 4.69) is 10.6 Å². The Morgan fingerprint density at radius 2 is 2.05 bits per heavy atom. The van der Waals surface area contributed by atoms with Crippen molar-refractivity contribution >= 4 is 40.9 Å². The summed E-state index contributed by atoms with van der Waals surface area (Å²) in [5.41, 5.74) is 5.79. The van der Waals surface area contributed by atoms with Gasteiger partial charge in [-0.25, -0.2) is 0 Å². The van der Waals surface area contributed by atoms with Crippen molar-refractivity contribution in [3.63, 3.8) is 0 Å². The smallest absolute Gasteiger partial charge is 0.243 e. The summed E-state index contributed by atoms with van der Waals surface area (Å²) in [6, 6.07) is 5.32. The molecule has 7 heteroatoms. The fraction of sp³-hybridized carbons (Fsp3) is 0.385. The molecule has 2 amide bonds. The van der Waals surface area contributed by atoms with Crippen LogP contribution in [0.2, 0.25) is 5.02 Å². The van der Waals surface area contributed by atoms with Gasteiger partial charge in [-0.05, 0) is 12.1 Å². The molecule has 0 heterocycles. The molecular weight excluding hydrogens is 298 g/mol. The van der Waals surface area contributed by atoms with E-state index >= 15 is 0 Å². The highest BCUT2D eigenvalue weighted by atomic mass is 35.5. The van der Waals surface area contributed by atoms with Crippen molar-refractivity contribution in [2.75, 3.05) is 18.4 Å². The average Bonchev–Trinajstić information content (AvgIpc) is 2.39. The fourth-order valence-corrected chi connectivity index (χ4v) is 2.61. The van der Waals surface area contributed by atoms with Crippen molar-refractivity contribution in [3.8, 4) is 0 Å². The molecule has 0 radical (unpaired) electrons. The van der Waals surface area contributed by atoms with Gasteiger partial charge in [0.1, 0.15) is 0 Å². The third-order valence-corrected chi connectivity index (χ3v) is 3.80. The maximum atomic E-state index is 11.8. The maximum absolute atomic E-state index is 11.8. The second-order valence-corrected chi connectivity index (χ2v) is 6.31. The summed E-state index contributed by atoms with van der Waals surface area (Å²) in [6.07, 6.45) is 0. The zero-order valence-corrected chi connectivity index (χ0v) is 13.0. The van der Waals surface area contributed by atoms with Gasteiger partial charge in [-0.3, -0.25) is 9.59 Å². The van der Waals surface area contributed by atoms with E-state index in [1.54, 1.807) is 30.0 Å². The van der Waals surface area contributed by atoms with Crippen LogP contribution >= 0.6 is 23.4 Å². The lowest BCUT2D eigenvalue weighted by molar-refractivity contribution is -0.123. The first-order chi connectivity index (χ1) is 9.43. The van der Waals surface area contributed by atoms with Crippen molar-refractivity contribution in [1.29, 1.82) is 0 Å². The van der Waals surface area contributed by atoms with Crippen molar-refractivity contribution in [3.05, 3.63) is 23.2 Å². The lowest BCUT2D eigenvalue weighted by atomic mass is 10.3. The highest BCUT2D eigenvalue weighted by Crippen LogP contribution is 2.36. The number of rotatable bonds is 6. The minimum Gasteiger partial charge on any atom is -0.346 e. The van der Waals surface area contributed by atoms with Crippen molar-refractivity contribution in [1.82, 2.24) is 5.32 Å². The van der Waals surface area contributed by atoms with E-state index in [9.17, 15) is 9.59 Å². The molecule has 0 aromatic heterocycles. The van der Waals surface area contributed by atoms with Crippen molar-refractivity contribution in [2.45, 2.75) is 24.0 Å². The first kappa shape index (κ1) is 16.8. The molecule has 110 valence electrons. The minimum atomic E-state index is -0.372. The molecule has 1 aromatic carbocycles. The SMILES string of the molecule is CC(C)Sc1c(Cl)cccc1NC(=O)CNC(=O)CN. The third-order valence-electron chi connectivity index (χ3n) is 2.23. The van der Waals surface area contributed by atoms with Crippen LogP contribution in [0.4, 0.5) is 5.69 Å². The highest BCUT2D eigenvalue weighted by molar-refractivity contribution is 8.00. The van der Waals surface area contributed by atoms with E-state index in [-0.39, 0.29) is 24.9 Å². The van der Waals surface area contributed by atoms with Gasteiger partial charge in [0.05, 0.1) is 23.8 Å². The molecule has 0 aliphatic heterocycles. The van der Waals surface area contributed by atoms with Crippen LogP contribution in [0, 0.1) is 0 Å². The second kappa shape index (κ2) is 8.14. The van der Waals surface area contributed by atoms with Crippen LogP contribution < -0.4 is 16.4 Å². The zero-order valence-electron chi connectivity index (χ0n) is 11.4. The quantitative estimate of drug-likeness (QED) is 0.700. The minimum absolute atomic E-state index is 0.117. The van der Waals surface area contributed by atoms with Crippen LogP contribution in [0.1, 0.15) is 13.8 Å². The number of anilines is 1. The predicted molar refractivity (Wildman–Crippen MR) is 83.1 cm³/mol. The molecule has 4 N–H and O–H groups in total. The Labute approximate surface area is 127 Å². The first-order valence-corrected chi connectivity index (χ1v) is 7.41. The van der Waals surface area contributed by atoms with Crippen LogP contribution in [0.15, 0.2) is 23.1 Å². The highest BCUT2D eigenvalue weighted by Gasteiger charge is 2.12. The molecule has 1 rings (SSSR count). The van der Waals surface area contributed by atoms with E-state index in [1.165, 1.54) is 0 Å². The number of carbonyl (C=O) groups is 2. The Balaban J connectivity index is 2.74. The molecule has 0 bridgehead atoms. The lowest BCUT2D eigenvalue weighted by Crippen LogP contribution is -2.36. The van der Waals surface area contributed by atoms with Crippen LogP contribution in [-0.4, -0.2) is 30.2 Å². The van der Waals surface area contributed by atoms with Gasteiger partial charge in [-0.2, -0.15) is 0 Å². The zero-order chi connectivity index (χ0) is 15.1. The van der Waals surface area contributed by atoms with Crippen molar-refractivity contribution in [2.24, 2.45) is 5.73 Å². The number of nitrogens with two attached hydrogens (primary N) is 1. The predicted octanol–water partition coefficient (Wildman–Crippen LogP) is 1.85. The number of halogens is 1. The summed E-state index contributed by atoms with van der Waals surface area (Å²) in [5.74, 6) is -0.692. The molecule has 5 nitrogen and oxygen atoms in total. The Kier molecular flexibility index (Phi) is 6.84. The maximum Gasteiger partial charge on any atom is 0.243 e. The Morgan fingerprint density at radius 1 is 1.35 bits per heavy atom. The van der Waals surface area contributed by atoms with Gasteiger partial charge >= 0.3 is 0 Å².